The molecule has 0 atom stereocenters. The van der Waals surface area contributed by atoms with Crippen molar-refractivity contribution in [2.45, 2.75) is 18.4 Å². The lowest BCUT2D eigenvalue weighted by Gasteiger charge is -2.42. The Hall–Kier alpha value is -3.03. The number of benzene rings is 2. The van der Waals surface area contributed by atoms with E-state index in [1.165, 1.54) is 0 Å². The molecule has 1 aliphatic rings. The smallest absolute Gasteiger partial charge is 0.269 e. The Kier molecular flexibility index (Phi) is 7.20. The van der Waals surface area contributed by atoms with E-state index < -0.39 is 17.4 Å². The Morgan fingerprint density at radius 1 is 1.06 bits per heavy atom. The van der Waals surface area contributed by atoms with Gasteiger partial charge in [-0.2, -0.15) is 0 Å². The molecule has 0 unspecified atom stereocenters. The predicted octanol–water partition coefficient (Wildman–Crippen LogP) is 3.81. The van der Waals surface area contributed by atoms with Crippen LogP contribution in [0.2, 0.25) is 5.02 Å². The zero-order chi connectivity index (χ0) is 22.4. The summed E-state index contributed by atoms with van der Waals surface area (Å²) >= 11 is 12.3. The minimum Gasteiger partial charge on any atom is -0.371 e. The van der Waals surface area contributed by atoms with Crippen LogP contribution in [-0.4, -0.2) is 41.6 Å². The number of hydrogen-bond donors (Lipinski definition) is 4. The summed E-state index contributed by atoms with van der Waals surface area (Å²) in [5, 5.41) is 14.1. The van der Waals surface area contributed by atoms with Gasteiger partial charge in [-0.15, -0.1) is 0 Å². The number of piperidine rings is 1. The van der Waals surface area contributed by atoms with E-state index in [1.807, 2.05) is 30.3 Å². The average Bonchev–Trinajstić information content (AvgIpc) is 2.76. The number of hydrogen-bond acceptors (Lipinski definition) is 5. The first-order valence-electron chi connectivity index (χ1n) is 9.70. The number of likely N-dealkylation sites (tertiary alicyclic amines) is 1. The van der Waals surface area contributed by atoms with Crippen molar-refractivity contribution in [1.29, 1.82) is 5.41 Å². The highest BCUT2D eigenvalue weighted by atomic mass is 35.5. The van der Waals surface area contributed by atoms with Gasteiger partial charge in [-0.05, 0) is 43.2 Å². The summed E-state index contributed by atoms with van der Waals surface area (Å²) in [5.74, 6) is -0.988. The Labute approximate surface area is 190 Å². The van der Waals surface area contributed by atoms with E-state index in [-0.39, 0.29) is 10.7 Å². The molecule has 3 rings (SSSR count). The highest BCUT2D eigenvalue weighted by Crippen LogP contribution is 2.30. The standard InChI is InChI=1S/C22H23Cl2N5O2/c23-15-5-4-8-17(13-15)27-20(30)19(24)18(14-25)29-11-9-22(10-12-29,21(26)31)28-16-6-2-1-3-7-16/h1-8,13-14,25,28H,9-12H2,(H2,26,31)(H,27,30)/b19-18-,25-14?. The summed E-state index contributed by atoms with van der Waals surface area (Å²) in [7, 11) is 0. The molecule has 5 N–H and O–H groups in total. The molecule has 0 radical (unpaired) electrons. The SMILES string of the molecule is N=C/C(=C(/Cl)C(=O)Nc1cccc(Cl)c1)N1CCC(Nc2ccccc2)(C(N)=O)CC1. The third kappa shape index (κ3) is 5.37. The maximum atomic E-state index is 12.6. The lowest BCUT2D eigenvalue weighted by atomic mass is 9.86. The molecule has 1 saturated heterocycles. The number of rotatable bonds is 7. The number of carbonyl (C=O) groups excluding carboxylic acids is 2. The van der Waals surface area contributed by atoms with Gasteiger partial charge in [0.15, 0.2) is 0 Å². The minimum absolute atomic E-state index is 0.113. The number of allylic oxidation sites excluding steroid dienone is 1. The van der Waals surface area contributed by atoms with E-state index in [1.54, 1.807) is 29.2 Å². The van der Waals surface area contributed by atoms with Crippen molar-refractivity contribution in [3.63, 3.8) is 0 Å². The number of anilines is 2. The molecule has 0 aromatic heterocycles. The van der Waals surface area contributed by atoms with Gasteiger partial charge in [0.25, 0.3) is 5.91 Å². The van der Waals surface area contributed by atoms with Crippen molar-refractivity contribution in [2.75, 3.05) is 23.7 Å². The molecule has 1 aliphatic heterocycles. The molecule has 1 fully saturated rings. The highest BCUT2D eigenvalue weighted by Gasteiger charge is 2.40. The van der Waals surface area contributed by atoms with Gasteiger partial charge in [0.05, 0.1) is 5.70 Å². The zero-order valence-electron chi connectivity index (χ0n) is 16.7. The van der Waals surface area contributed by atoms with Gasteiger partial charge in [0, 0.05) is 35.7 Å². The molecule has 0 aliphatic carbocycles. The Bertz CT molecular complexity index is 1000. The number of nitrogens with zero attached hydrogens (tertiary/aromatic N) is 1. The highest BCUT2D eigenvalue weighted by molar-refractivity contribution is 6.45. The van der Waals surface area contributed by atoms with E-state index in [9.17, 15) is 9.59 Å². The third-order valence-corrected chi connectivity index (χ3v) is 5.83. The fourth-order valence-electron chi connectivity index (χ4n) is 3.52. The third-order valence-electron chi connectivity index (χ3n) is 5.23. The van der Waals surface area contributed by atoms with Crippen LogP contribution in [0.4, 0.5) is 11.4 Å². The first-order valence-corrected chi connectivity index (χ1v) is 10.5. The van der Waals surface area contributed by atoms with Crippen LogP contribution in [0.3, 0.4) is 0 Å². The molecule has 1 heterocycles. The van der Waals surface area contributed by atoms with Crippen LogP contribution in [-0.2, 0) is 9.59 Å². The Morgan fingerprint density at radius 2 is 1.71 bits per heavy atom. The number of amides is 2. The Morgan fingerprint density at radius 3 is 2.29 bits per heavy atom. The van der Waals surface area contributed by atoms with Crippen LogP contribution in [0.15, 0.2) is 65.3 Å². The molecule has 31 heavy (non-hydrogen) atoms. The molecule has 2 amide bonds. The molecule has 0 saturated carbocycles. The summed E-state index contributed by atoms with van der Waals surface area (Å²) in [6, 6.07) is 16.1. The second kappa shape index (κ2) is 9.85. The number of nitrogens with one attached hydrogen (secondary N) is 3. The zero-order valence-corrected chi connectivity index (χ0v) is 18.2. The number of para-hydroxylation sites is 1. The first kappa shape index (κ1) is 22.7. The van der Waals surface area contributed by atoms with E-state index in [4.69, 9.17) is 34.3 Å². The van der Waals surface area contributed by atoms with Crippen molar-refractivity contribution in [3.8, 4) is 0 Å². The summed E-state index contributed by atoms with van der Waals surface area (Å²) in [6.07, 6.45) is 1.84. The lowest BCUT2D eigenvalue weighted by molar-refractivity contribution is -0.123. The minimum atomic E-state index is -0.916. The fourth-order valence-corrected chi connectivity index (χ4v) is 3.93. The van der Waals surface area contributed by atoms with Crippen LogP contribution >= 0.6 is 23.2 Å². The van der Waals surface area contributed by atoms with Gasteiger partial charge < -0.3 is 26.7 Å². The summed E-state index contributed by atoms with van der Waals surface area (Å²) in [5.41, 5.74) is 6.39. The topological polar surface area (TPSA) is 111 Å². The van der Waals surface area contributed by atoms with Crippen molar-refractivity contribution in [1.82, 2.24) is 4.90 Å². The first-order chi connectivity index (χ1) is 14.8. The molecule has 162 valence electrons. The van der Waals surface area contributed by atoms with Gasteiger partial charge in [0.2, 0.25) is 5.91 Å². The molecule has 2 aromatic carbocycles. The molecule has 7 nitrogen and oxygen atoms in total. The fraction of sp³-hybridized carbons (Fsp3) is 0.227. The van der Waals surface area contributed by atoms with Gasteiger partial charge >= 0.3 is 0 Å². The maximum Gasteiger partial charge on any atom is 0.269 e. The maximum absolute atomic E-state index is 12.6. The molecular formula is C22H23Cl2N5O2. The average molecular weight is 460 g/mol. The van der Waals surface area contributed by atoms with E-state index >= 15 is 0 Å². The molecule has 2 aromatic rings. The van der Waals surface area contributed by atoms with E-state index in [0.717, 1.165) is 11.9 Å². The van der Waals surface area contributed by atoms with Crippen molar-refractivity contribution < 1.29 is 9.59 Å². The molecule has 0 spiro atoms. The Balaban J connectivity index is 1.74. The van der Waals surface area contributed by atoms with Crippen LogP contribution in [0, 0.1) is 5.41 Å². The predicted molar refractivity (Wildman–Crippen MR) is 125 cm³/mol. The molecule has 0 bridgehead atoms. The summed E-state index contributed by atoms with van der Waals surface area (Å²) < 4.78 is 0. The quantitative estimate of drug-likeness (QED) is 0.372. The second-order valence-corrected chi connectivity index (χ2v) is 8.05. The van der Waals surface area contributed by atoms with Crippen LogP contribution in [0.25, 0.3) is 0 Å². The van der Waals surface area contributed by atoms with Crippen LogP contribution in [0.1, 0.15) is 12.8 Å². The van der Waals surface area contributed by atoms with Crippen LogP contribution < -0.4 is 16.4 Å². The number of primary amides is 1. The number of nitrogens with two attached hydrogens (primary N) is 1. The summed E-state index contributed by atoms with van der Waals surface area (Å²) in [6.45, 7) is 0.794. The lowest BCUT2D eigenvalue weighted by Crippen LogP contribution is -2.57. The molecular weight excluding hydrogens is 437 g/mol. The summed E-state index contributed by atoms with van der Waals surface area (Å²) in [4.78, 5) is 26.7. The van der Waals surface area contributed by atoms with E-state index in [2.05, 4.69) is 10.6 Å². The number of halogens is 2. The van der Waals surface area contributed by atoms with Gasteiger partial charge in [-0.25, -0.2) is 0 Å². The molecule has 9 heteroatoms. The monoisotopic (exact) mass is 459 g/mol. The normalized spacial score (nSPS) is 16.1. The van der Waals surface area contributed by atoms with Gasteiger partial charge in [-0.3, -0.25) is 9.59 Å². The largest absolute Gasteiger partial charge is 0.371 e. The number of carbonyl (C=O) groups is 2. The van der Waals surface area contributed by atoms with Gasteiger partial charge in [-0.1, -0.05) is 47.5 Å². The van der Waals surface area contributed by atoms with Gasteiger partial charge in [0.1, 0.15) is 10.6 Å². The van der Waals surface area contributed by atoms with Crippen molar-refractivity contribution in [3.05, 3.63) is 70.3 Å². The van der Waals surface area contributed by atoms with E-state index in [0.29, 0.717) is 36.6 Å². The van der Waals surface area contributed by atoms with Crippen molar-refractivity contribution in [2.24, 2.45) is 5.73 Å². The second-order valence-electron chi connectivity index (χ2n) is 7.23. The van der Waals surface area contributed by atoms with Crippen LogP contribution in [0.5, 0.6) is 0 Å². The van der Waals surface area contributed by atoms with Crippen molar-refractivity contribution >= 4 is 52.6 Å².